The van der Waals surface area contributed by atoms with Crippen molar-refractivity contribution in [3.05, 3.63) is 60.2 Å². The molecule has 0 N–H and O–H groups in total. The molecule has 0 amide bonds. The number of esters is 1. The van der Waals surface area contributed by atoms with E-state index in [2.05, 4.69) is 95.4 Å². The van der Waals surface area contributed by atoms with Crippen molar-refractivity contribution < 1.29 is 14.0 Å². The number of fused-ring (bicyclic) bond motifs is 1. The highest BCUT2D eigenvalue weighted by Gasteiger charge is 2.42. The third kappa shape index (κ3) is 7.42. The highest BCUT2D eigenvalue weighted by atomic mass is 28.4. The lowest BCUT2D eigenvalue weighted by Crippen LogP contribution is -2.43. The summed E-state index contributed by atoms with van der Waals surface area (Å²) in [6.45, 7) is 13.9. The molecule has 3 rings (SSSR count). The fourth-order valence-electron chi connectivity index (χ4n) is 5.06. The van der Waals surface area contributed by atoms with E-state index in [4.69, 9.17) is 9.16 Å². The van der Waals surface area contributed by atoms with Crippen molar-refractivity contribution >= 4 is 14.3 Å². The number of ether oxygens (including phenoxy) is 1. The van der Waals surface area contributed by atoms with Crippen LogP contribution in [0.15, 0.2) is 54.6 Å². The monoisotopic (exact) mass is 482 g/mol. The Morgan fingerprint density at radius 3 is 2.62 bits per heavy atom. The third-order valence-corrected chi connectivity index (χ3v) is 12.7. The molecule has 0 spiro atoms. The van der Waals surface area contributed by atoms with Crippen molar-refractivity contribution in [3.63, 3.8) is 0 Å². The number of hydrogen-bond donors (Lipinski definition) is 0. The average Bonchev–Trinajstić information content (AvgIpc) is 3.06. The number of benzene rings is 1. The lowest BCUT2D eigenvalue weighted by atomic mass is 9.86. The first kappa shape index (κ1) is 26.9. The molecule has 0 saturated heterocycles. The van der Waals surface area contributed by atoms with Gasteiger partial charge in [0.1, 0.15) is 6.10 Å². The molecule has 34 heavy (non-hydrogen) atoms. The molecular formula is C30H46O3Si. The summed E-state index contributed by atoms with van der Waals surface area (Å²) in [5.41, 5.74) is 1.36. The second-order valence-corrected chi connectivity index (χ2v) is 16.7. The topological polar surface area (TPSA) is 35.5 Å². The third-order valence-electron chi connectivity index (χ3n) is 8.20. The number of carbonyl (C=O) groups is 1. The smallest absolute Gasteiger partial charge is 0.306 e. The first-order valence-corrected chi connectivity index (χ1v) is 16.2. The maximum Gasteiger partial charge on any atom is 0.306 e. The quantitative estimate of drug-likeness (QED) is 0.225. The molecule has 1 aliphatic heterocycles. The molecule has 5 atom stereocenters. The van der Waals surface area contributed by atoms with Crippen molar-refractivity contribution in [1.82, 2.24) is 0 Å². The maximum absolute atomic E-state index is 12.3. The Morgan fingerprint density at radius 2 is 1.91 bits per heavy atom. The minimum absolute atomic E-state index is 0.0240. The van der Waals surface area contributed by atoms with E-state index in [9.17, 15) is 4.79 Å². The molecule has 1 aliphatic carbocycles. The molecule has 4 heteroatoms. The van der Waals surface area contributed by atoms with E-state index in [1.54, 1.807) is 0 Å². The van der Waals surface area contributed by atoms with Crippen LogP contribution in [-0.4, -0.2) is 26.5 Å². The number of aryl methyl sites for hydroxylation is 1. The largest absolute Gasteiger partial charge is 0.462 e. The van der Waals surface area contributed by atoms with Crippen LogP contribution in [0.2, 0.25) is 18.1 Å². The Balaban J connectivity index is 1.78. The fraction of sp³-hybridized carbons (Fsp3) is 0.633. The van der Waals surface area contributed by atoms with Crippen LogP contribution < -0.4 is 0 Å². The molecule has 1 saturated carbocycles. The predicted octanol–water partition coefficient (Wildman–Crippen LogP) is 7.88. The predicted molar refractivity (Wildman–Crippen MR) is 144 cm³/mol. The van der Waals surface area contributed by atoms with E-state index in [1.165, 1.54) is 5.56 Å². The Hall–Kier alpha value is -1.65. The second kappa shape index (κ2) is 11.9. The molecule has 0 radical (unpaired) electrons. The molecule has 1 heterocycles. The van der Waals surface area contributed by atoms with Gasteiger partial charge in [-0.2, -0.15) is 0 Å². The second-order valence-electron chi connectivity index (χ2n) is 11.9. The molecule has 3 nitrogen and oxygen atoms in total. The van der Waals surface area contributed by atoms with Gasteiger partial charge in [-0.25, -0.2) is 0 Å². The van der Waals surface area contributed by atoms with Crippen LogP contribution in [0.5, 0.6) is 0 Å². The first-order valence-electron chi connectivity index (χ1n) is 13.3. The molecule has 0 unspecified atom stereocenters. The summed E-state index contributed by atoms with van der Waals surface area (Å²) in [5, 5.41) is 0.173. The van der Waals surface area contributed by atoms with E-state index in [0.717, 1.165) is 38.5 Å². The van der Waals surface area contributed by atoms with Crippen molar-refractivity contribution in [2.45, 2.75) is 103 Å². The van der Waals surface area contributed by atoms with Crippen LogP contribution in [0.4, 0.5) is 0 Å². The average molecular weight is 483 g/mol. The van der Waals surface area contributed by atoms with Gasteiger partial charge in [-0.05, 0) is 74.1 Å². The van der Waals surface area contributed by atoms with Gasteiger partial charge in [0.2, 0.25) is 0 Å². The summed E-state index contributed by atoms with van der Waals surface area (Å²) in [5.74, 6) is 1.23. The van der Waals surface area contributed by atoms with Gasteiger partial charge in [0, 0.05) is 12.3 Å². The van der Waals surface area contributed by atoms with E-state index < -0.39 is 8.32 Å². The zero-order valence-electron chi connectivity index (χ0n) is 22.3. The van der Waals surface area contributed by atoms with E-state index in [0.29, 0.717) is 24.2 Å². The summed E-state index contributed by atoms with van der Waals surface area (Å²) in [4.78, 5) is 12.3. The van der Waals surface area contributed by atoms with Crippen LogP contribution in [0.1, 0.15) is 71.8 Å². The van der Waals surface area contributed by atoms with Gasteiger partial charge in [0.15, 0.2) is 8.32 Å². The zero-order valence-corrected chi connectivity index (χ0v) is 23.3. The minimum atomic E-state index is -1.90. The van der Waals surface area contributed by atoms with Gasteiger partial charge in [-0.15, -0.1) is 0 Å². The highest BCUT2D eigenvalue weighted by molar-refractivity contribution is 6.74. The molecule has 1 aromatic carbocycles. The number of allylic oxidation sites excluding steroid dienone is 3. The van der Waals surface area contributed by atoms with E-state index in [1.807, 2.05) is 0 Å². The van der Waals surface area contributed by atoms with Crippen molar-refractivity contribution in [2.75, 3.05) is 0 Å². The van der Waals surface area contributed by atoms with Gasteiger partial charge in [-0.1, -0.05) is 82.3 Å². The molecule has 1 fully saturated rings. The lowest BCUT2D eigenvalue weighted by Gasteiger charge is -2.39. The summed E-state index contributed by atoms with van der Waals surface area (Å²) in [6.07, 6.45) is 15.8. The first-order chi connectivity index (χ1) is 16.1. The number of hydrogen-bond acceptors (Lipinski definition) is 3. The Labute approximate surface area is 209 Å². The van der Waals surface area contributed by atoms with Gasteiger partial charge in [0.05, 0.1) is 6.10 Å². The number of carbonyl (C=O) groups excluding carboxylic acids is 1. The van der Waals surface area contributed by atoms with Gasteiger partial charge >= 0.3 is 5.97 Å². The molecule has 0 bridgehead atoms. The molecule has 188 valence electrons. The highest BCUT2D eigenvalue weighted by Crippen LogP contribution is 2.43. The van der Waals surface area contributed by atoms with Crippen molar-refractivity contribution in [2.24, 2.45) is 17.8 Å². The van der Waals surface area contributed by atoms with E-state index >= 15 is 0 Å². The summed E-state index contributed by atoms with van der Waals surface area (Å²) in [6, 6.07) is 10.7. The molecule has 0 aromatic heterocycles. The lowest BCUT2D eigenvalue weighted by molar-refractivity contribution is -0.151. The Kier molecular flexibility index (Phi) is 9.39. The van der Waals surface area contributed by atoms with Gasteiger partial charge in [-0.3, -0.25) is 4.79 Å². The summed E-state index contributed by atoms with van der Waals surface area (Å²) in [7, 11) is -1.90. The van der Waals surface area contributed by atoms with Gasteiger partial charge in [0.25, 0.3) is 0 Å². The minimum Gasteiger partial charge on any atom is -0.462 e. The van der Waals surface area contributed by atoms with Crippen LogP contribution in [0.3, 0.4) is 0 Å². The Bertz CT molecular complexity index is 836. The molecular weight excluding hydrogens is 436 g/mol. The van der Waals surface area contributed by atoms with Gasteiger partial charge < -0.3 is 9.16 Å². The van der Waals surface area contributed by atoms with Crippen molar-refractivity contribution in [3.8, 4) is 0 Å². The normalized spacial score (nSPS) is 28.4. The Morgan fingerprint density at radius 1 is 1.18 bits per heavy atom. The number of rotatable bonds is 7. The van der Waals surface area contributed by atoms with Crippen LogP contribution in [0, 0.1) is 17.8 Å². The van der Waals surface area contributed by atoms with E-state index in [-0.39, 0.29) is 23.2 Å². The summed E-state index contributed by atoms with van der Waals surface area (Å²) >= 11 is 0. The van der Waals surface area contributed by atoms with Crippen LogP contribution in [-0.2, 0) is 20.4 Å². The fourth-order valence-corrected chi connectivity index (χ4v) is 6.37. The van der Waals surface area contributed by atoms with Crippen LogP contribution >= 0.6 is 0 Å². The maximum atomic E-state index is 12.3. The van der Waals surface area contributed by atoms with Crippen LogP contribution in [0.25, 0.3) is 0 Å². The standard InChI is InChI=1S/C30H46O3Si/c1-23-22-28-27(16-12-7-8-13-17-29(31)32-28)26(23)21-20-25(33-34(5,6)30(2,3)4)19-18-24-14-10-9-11-15-24/h7,9-12,14-15,20-21,23,25-28H,8,13,16-19,22H2,1-6H3/b12-7-,21-20+/t23-,25+,26+,27-,28+/m1/s1. The summed E-state index contributed by atoms with van der Waals surface area (Å²) < 4.78 is 12.9. The molecule has 1 aromatic rings. The zero-order chi connectivity index (χ0) is 24.8. The SMILES string of the molecule is C[C@@H]1C[C@@H]2OC(=O)CCC/C=C\C[C@@H]2[C@H]1/C=C/[C@H](CCc1ccccc1)O[Si](C)(C)C(C)(C)C. The van der Waals surface area contributed by atoms with Crippen molar-refractivity contribution in [1.29, 1.82) is 0 Å². The molecule has 2 aliphatic rings.